The summed E-state index contributed by atoms with van der Waals surface area (Å²) >= 11 is 0. The van der Waals surface area contributed by atoms with E-state index in [-0.39, 0.29) is 12.4 Å². The predicted octanol–water partition coefficient (Wildman–Crippen LogP) is 2.74. The van der Waals surface area contributed by atoms with Crippen molar-refractivity contribution in [2.24, 2.45) is 0 Å². The molecular formula is C16H19NO3S. The van der Waals surface area contributed by atoms with E-state index in [0.29, 0.717) is 11.3 Å². The highest BCUT2D eigenvalue weighted by Gasteiger charge is 2.13. The zero-order valence-corrected chi connectivity index (χ0v) is 12.9. The molecule has 5 heteroatoms. The average molecular weight is 305 g/mol. The molecule has 0 aliphatic rings. The van der Waals surface area contributed by atoms with Crippen LogP contribution in [0.15, 0.2) is 42.5 Å². The van der Waals surface area contributed by atoms with Gasteiger partial charge in [-0.1, -0.05) is 42.0 Å². The molecule has 21 heavy (non-hydrogen) atoms. The smallest absolute Gasteiger partial charge is 0.236 e. The van der Waals surface area contributed by atoms with Crippen LogP contribution >= 0.6 is 0 Å². The maximum absolute atomic E-state index is 12.2. The molecule has 4 nitrogen and oxygen atoms in total. The van der Waals surface area contributed by atoms with Crippen molar-refractivity contribution in [3.63, 3.8) is 0 Å². The van der Waals surface area contributed by atoms with Crippen LogP contribution in [-0.2, 0) is 22.4 Å². The van der Waals surface area contributed by atoms with Crippen molar-refractivity contribution in [3.05, 3.63) is 64.7 Å². The Bertz CT molecular complexity index is 722. The van der Waals surface area contributed by atoms with Gasteiger partial charge in [-0.05, 0) is 36.6 Å². The Labute approximate surface area is 125 Å². The predicted molar refractivity (Wildman–Crippen MR) is 84.5 cm³/mol. The van der Waals surface area contributed by atoms with Crippen LogP contribution < -0.4 is 4.72 Å². The fourth-order valence-electron chi connectivity index (χ4n) is 2.09. The highest BCUT2D eigenvalue weighted by molar-refractivity contribution is 7.91. The van der Waals surface area contributed by atoms with Crippen LogP contribution in [0.5, 0.6) is 0 Å². The summed E-state index contributed by atoms with van der Waals surface area (Å²) in [5.41, 5.74) is 4.04. The largest absolute Gasteiger partial charge is 0.392 e. The van der Waals surface area contributed by atoms with Crippen molar-refractivity contribution in [2.75, 3.05) is 4.72 Å². The van der Waals surface area contributed by atoms with E-state index in [1.165, 1.54) is 0 Å². The summed E-state index contributed by atoms with van der Waals surface area (Å²) in [5.74, 6) is -0.0912. The van der Waals surface area contributed by atoms with Crippen LogP contribution in [0.2, 0.25) is 0 Å². The first-order chi connectivity index (χ1) is 9.89. The highest BCUT2D eigenvalue weighted by Crippen LogP contribution is 2.19. The minimum Gasteiger partial charge on any atom is -0.392 e. The van der Waals surface area contributed by atoms with Gasteiger partial charge in [0.1, 0.15) is 0 Å². The lowest BCUT2D eigenvalue weighted by molar-refractivity contribution is 0.282. The summed E-state index contributed by atoms with van der Waals surface area (Å²) < 4.78 is 27.0. The minimum absolute atomic E-state index is 0.0478. The number of hydrogen-bond acceptors (Lipinski definition) is 3. The summed E-state index contributed by atoms with van der Waals surface area (Å²) in [6, 6.07) is 12.5. The van der Waals surface area contributed by atoms with Gasteiger partial charge < -0.3 is 5.11 Å². The van der Waals surface area contributed by atoms with Gasteiger partial charge in [0.2, 0.25) is 10.0 Å². The summed E-state index contributed by atoms with van der Waals surface area (Å²) in [6.45, 7) is 3.79. The Morgan fingerprint density at radius 1 is 1.00 bits per heavy atom. The quantitative estimate of drug-likeness (QED) is 0.892. The van der Waals surface area contributed by atoms with Crippen molar-refractivity contribution in [1.29, 1.82) is 0 Å². The van der Waals surface area contributed by atoms with Crippen LogP contribution in [-0.4, -0.2) is 13.5 Å². The maximum Gasteiger partial charge on any atom is 0.236 e. The summed E-state index contributed by atoms with van der Waals surface area (Å²) in [7, 11) is -3.46. The number of aliphatic hydroxyl groups excluding tert-OH is 1. The Hall–Kier alpha value is -1.85. The Kier molecular flexibility index (Phi) is 4.65. The minimum atomic E-state index is -3.46. The Morgan fingerprint density at radius 3 is 2.19 bits per heavy atom. The van der Waals surface area contributed by atoms with E-state index in [1.807, 2.05) is 26.0 Å². The highest BCUT2D eigenvalue weighted by atomic mass is 32.2. The molecule has 0 heterocycles. The second-order valence-electron chi connectivity index (χ2n) is 5.15. The fourth-order valence-corrected chi connectivity index (χ4v) is 3.36. The number of aryl methyl sites for hydroxylation is 2. The molecule has 0 radical (unpaired) electrons. The van der Waals surface area contributed by atoms with Crippen LogP contribution in [0, 0.1) is 13.8 Å². The molecule has 0 spiro atoms. The first kappa shape index (κ1) is 15.5. The second-order valence-corrected chi connectivity index (χ2v) is 6.88. The summed E-state index contributed by atoms with van der Waals surface area (Å²) in [6.07, 6.45) is 0. The molecule has 0 unspecified atom stereocenters. The zero-order valence-electron chi connectivity index (χ0n) is 12.1. The lowest BCUT2D eigenvalue weighted by Crippen LogP contribution is -2.15. The molecule has 2 N–H and O–H groups in total. The topological polar surface area (TPSA) is 66.4 Å². The molecule has 0 aliphatic carbocycles. The van der Waals surface area contributed by atoms with E-state index < -0.39 is 10.0 Å². The number of aliphatic hydroxyl groups is 1. The van der Waals surface area contributed by atoms with Crippen LogP contribution in [0.3, 0.4) is 0 Å². The van der Waals surface area contributed by atoms with E-state index in [9.17, 15) is 8.42 Å². The van der Waals surface area contributed by atoms with Gasteiger partial charge in [-0.3, -0.25) is 4.72 Å². The molecule has 2 aromatic carbocycles. The van der Waals surface area contributed by atoms with Gasteiger partial charge >= 0.3 is 0 Å². The SMILES string of the molecule is Cc1ccc(NS(=O)(=O)Cc2ccc(CO)cc2)c(C)c1. The van der Waals surface area contributed by atoms with Gasteiger partial charge in [0.15, 0.2) is 0 Å². The van der Waals surface area contributed by atoms with E-state index >= 15 is 0 Å². The average Bonchev–Trinajstić information content (AvgIpc) is 2.42. The van der Waals surface area contributed by atoms with Crippen molar-refractivity contribution in [3.8, 4) is 0 Å². The Balaban J connectivity index is 2.14. The third-order valence-corrected chi connectivity index (χ3v) is 4.45. The number of sulfonamides is 1. The lowest BCUT2D eigenvalue weighted by Gasteiger charge is -2.11. The van der Waals surface area contributed by atoms with Gasteiger partial charge in [-0.15, -0.1) is 0 Å². The van der Waals surface area contributed by atoms with Crippen molar-refractivity contribution in [1.82, 2.24) is 0 Å². The van der Waals surface area contributed by atoms with Gasteiger partial charge in [-0.2, -0.15) is 0 Å². The van der Waals surface area contributed by atoms with Gasteiger partial charge in [0.25, 0.3) is 0 Å². The number of hydrogen-bond donors (Lipinski definition) is 2. The monoisotopic (exact) mass is 305 g/mol. The van der Waals surface area contributed by atoms with Crippen LogP contribution in [0.1, 0.15) is 22.3 Å². The normalized spacial score (nSPS) is 11.4. The Morgan fingerprint density at radius 2 is 1.62 bits per heavy atom. The second kappa shape index (κ2) is 6.28. The molecule has 0 saturated heterocycles. The molecule has 2 rings (SSSR count). The molecule has 0 saturated carbocycles. The van der Waals surface area contributed by atoms with Gasteiger partial charge in [-0.25, -0.2) is 8.42 Å². The van der Waals surface area contributed by atoms with Crippen molar-refractivity contribution in [2.45, 2.75) is 26.2 Å². The van der Waals surface area contributed by atoms with Crippen LogP contribution in [0.4, 0.5) is 5.69 Å². The van der Waals surface area contributed by atoms with E-state index in [0.717, 1.165) is 16.7 Å². The molecular weight excluding hydrogens is 286 g/mol. The first-order valence-electron chi connectivity index (χ1n) is 6.66. The number of rotatable bonds is 5. The van der Waals surface area contributed by atoms with Crippen LogP contribution in [0.25, 0.3) is 0 Å². The lowest BCUT2D eigenvalue weighted by atomic mass is 10.1. The van der Waals surface area contributed by atoms with Gasteiger partial charge in [0.05, 0.1) is 18.0 Å². The van der Waals surface area contributed by atoms with E-state index in [1.54, 1.807) is 30.3 Å². The van der Waals surface area contributed by atoms with Gasteiger partial charge in [0, 0.05) is 0 Å². The number of benzene rings is 2. The van der Waals surface area contributed by atoms with Crippen molar-refractivity contribution < 1.29 is 13.5 Å². The van der Waals surface area contributed by atoms with E-state index in [4.69, 9.17) is 5.11 Å². The zero-order chi connectivity index (χ0) is 15.5. The summed E-state index contributed by atoms with van der Waals surface area (Å²) in [5, 5.41) is 8.98. The fraction of sp³-hybridized carbons (Fsp3) is 0.250. The molecule has 112 valence electrons. The molecule has 0 aliphatic heterocycles. The molecule has 2 aromatic rings. The maximum atomic E-state index is 12.2. The molecule has 0 bridgehead atoms. The third kappa shape index (κ3) is 4.31. The summed E-state index contributed by atoms with van der Waals surface area (Å²) in [4.78, 5) is 0. The molecule has 0 aromatic heterocycles. The number of anilines is 1. The third-order valence-electron chi connectivity index (χ3n) is 3.21. The molecule has 0 fully saturated rings. The molecule has 0 amide bonds. The van der Waals surface area contributed by atoms with E-state index in [2.05, 4.69) is 4.72 Å². The standard InChI is InChI=1S/C16H19NO3S/c1-12-3-8-16(13(2)9-12)17-21(19,20)11-15-6-4-14(10-18)5-7-15/h3-9,17-18H,10-11H2,1-2H3. The first-order valence-corrected chi connectivity index (χ1v) is 8.31. The van der Waals surface area contributed by atoms with Crippen molar-refractivity contribution >= 4 is 15.7 Å². The number of nitrogens with one attached hydrogen (secondary N) is 1. The molecule has 0 atom stereocenters.